The number of carbonyl (C=O) groups excluding carboxylic acids is 1. The first kappa shape index (κ1) is 19.4. The maximum Gasteiger partial charge on any atom is 0.260 e. The molecule has 0 radical (unpaired) electrons. The summed E-state index contributed by atoms with van der Waals surface area (Å²) in [5.74, 6) is 1.31. The summed E-state index contributed by atoms with van der Waals surface area (Å²) in [6, 6.07) is 23.0. The number of rotatable bonds is 9. The van der Waals surface area contributed by atoms with Crippen LogP contribution in [-0.2, 0) is 17.8 Å². The Kier molecular flexibility index (Phi) is 7.01. The minimum absolute atomic E-state index is 0.0199. The molecule has 1 amide bonds. The Labute approximate surface area is 165 Å². The van der Waals surface area contributed by atoms with E-state index in [1.54, 1.807) is 42.5 Å². The molecule has 0 aliphatic rings. The summed E-state index contributed by atoms with van der Waals surface area (Å²) < 4.78 is 10.8. The van der Waals surface area contributed by atoms with Gasteiger partial charge in [0.2, 0.25) is 0 Å². The van der Waals surface area contributed by atoms with Crippen LogP contribution in [0.25, 0.3) is 0 Å². The van der Waals surface area contributed by atoms with Crippen molar-refractivity contribution >= 4 is 5.91 Å². The lowest BCUT2D eigenvalue weighted by Gasteiger charge is -2.22. The van der Waals surface area contributed by atoms with E-state index in [0.717, 1.165) is 17.9 Å². The number of ether oxygens (including phenoxy) is 2. The summed E-state index contributed by atoms with van der Waals surface area (Å²) in [4.78, 5) is 18.9. The second kappa shape index (κ2) is 10.1. The summed E-state index contributed by atoms with van der Waals surface area (Å²) in [5.41, 5.74) is 2.05. The molecular formula is C23H24N2O3. The van der Waals surface area contributed by atoms with E-state index in [1.165, 1.54) is 5.56 Å². The van der Waals surface area contributed by atoms with E-state index in [2.05, 4.69) is 17.1 Å². The lowest BCUT2D eigenvalue weighted by Crippen LogP contribution is -2.36. The molecule has 0 unspecified atom stereocenters. The molecule has 5 nitrogen and oxygen atoms in total. The van der Waals surface area contributed by atoms with Crippen molar-refractivity contribution < 1.29 is 14.3 Å². The highest BCUT2D eigenvalue weighted by Gasteiger charge is 2.15. The molecule has 0 N–H and O–H groups in total. The number of benzene rings is 2. The van der Waals surface area contributed by atoms with E-state index in [-0.39, 0.29) is 12.5 Å². The molecule has 0 aliphatic carbocycles. The van der Waals surface area contributed by atoms with Gasteiger partial charge in [-0.3, -0.25) is 9.78 Å². The van der Waals surface area contributed by atoms with Gasteiger partial charge in [-0.25, -0.2) is 0 Å². The van der Waals surface area contributed by atoms with Crippen LogP contribution in [0.15, 0.2) is 79.0 Å². The quantitative estimate of drug-likeness (QED) is 0.571. The fraction of sp³-hybridized carbons (Fsp3) is 0.217. The Morgan fingerprint density at radius 1 is 0.929 bits per heavy atom. The van der Waals surface area contributed by atoms with Crippen molar-refractivity contribution in [3.8, 4) is 11.5 Å². The van der Waals surface area contributed by atoms with Crippen LogP contribution in [0.2, 0.25) is 0 Å². The molecule has 0 fully saturated rings. The summed E-state index contributed by atoms with van der Waals surface area (Å²) in [6.07, 6.45) is 2.52. The van der Waals surface area contributed by atoms with E-state index < -0.39 is 0 Å². The highest BCUT2D eigenvalue weighted by atomic mass is 16.5. The number of amides is 1. The number of nitrogens with zero attached hydrogens (tertiary/aromatic N) is 2. The van der Waals surface area contributed by atoms with Crippen molar-refractivity contribution in [2.75, 3.05) is 20.3 Å². The third-order valence-corrected chi connectivity index (χ3v) is 4.37. The van der Waals surface area contributed by atoms with Crippen molar-refractivity contribution in [1.29, 1.82) is 0 Å². The highest BCUT2D eigenvalue weighted by Crippen LogP contribution is 2.17. The van der Waals surface area contributed by atoms with Crippen molar-refractivity contribution in [1.82, 2.24) is 9.88 Å². The molecule has 0 spiro atoms. The van der Waals surface area contributed by atoms with Gasteiger partial charge in [0.25, 0.3) is 5.91 Å². The Morgan fingerprint density at radius 3 is 2.32 bits per heavy atom. The zero-order valence-electron chi connectivity index (χ0n) is 16.0. The van der Waals surface area contributed by atoms with Crippen molar-refractivity contribution in [2.24, 2.45) is 0 Å². The molecule has 5 heteroatoms. The standard InChI is InChI=1S/C23H24N2O3/c1-27-21-10-12-22(13-11-21)28-18-23(26)25(17-20-9-5-6-15-24-20)16-14-19-7-3-2-4-8-19/h2-13,15H,14,16-18H2,1H3. The van der Waals surface area contributed by atoms with Gasteiger partial charge >= 0.3 is 0 Å². The average Bonchev–Trinajstić information content (AvgIpc) is 2.76. The van der Waals surface area contributed by atoms with Crippen LogP contribution in [0, 0.1) is 0 Å². The van der Waals surface area contributed by atoms with Crippen molar-refractivity contribution in [3.63, 3.8) is 0 Å². The molecule has 144 valence electrons. The normalized spacial score (nSPS) is 10.3. The first-order valence-electron chi connectivity index (χ1n) is 9.23. The third kappa shape index (κ3) is 5.84. The molecule has 0 saturated carbocycles. The van der Waals surface area contributed by atoms with Crippen LogP contribution < -0.4 is 9.47 Å². The zero-order chi connectivity index (χ0) is 19.6. The second-order valence-corrected chi connectivity index (χ2v) is 6.34. The van der Waals surface area contributed by atoms with Gasteiger partial charge in [-0.1, -0.05) is 36.4 Å². The number of carbonyl (C=O) groups is 1. The maximum atomic E-state index is 12.8. The molecule has 3 rings (SSSR count). The number of hydrogen-bond acceptors (Lipinski definition) is 4. The van der Waals surface area contributed by atoms with Crippen molar-refractivity contribution in [2.45, 2.75) is 13.0 Å². The fourth-order valence-electron chi connectivity index (χ4n) is 2.80. The van der Waals surface area contributed by atoms with Gasteiger partial charge in [0.15, 0.2) is 6.61 Å². The Hall–Kier alpha value is -3.34. The third-order valence-electron chi connectivity index (χ3n) is 4.37. The number of methoxy groups -OCH3 is 1. The minimum atomic E-state index is -0.0718. The summed E-state index contributed by atoms with van der Waals surface area (Å²) >= 11 is 0. The first-order valence-corrected chi connectivity index (χ1v) is 9.23. The molecule has 0 saturated heterocycles. The predicted octanol–water partition coefficient (Wildman–Crippen LogP) is 3.74. The van der Waals surface area contributed by atoms with E-state index in [0.29, 0.717) is 18.8 Å². The van der Waals surface area contributed by atoms with Gasteiger partial charge in [0.1, 0.15) is 11.5 Å². The van der Waals surface area contributed by atoms with Gasteiger partial charge in [0, 0.05) is 12.7 Å². The molecule has 1 heterocycles. The van der Waals surface area contributed by atoms with E-state index >= 15 is 0 Å². The maximum absolute atomic E-state index is 12.8. The van der Waals surface area contributed by atoms with Crippen LogP contribution in [0.4, 0.5) is 0 Å². The van der Waals surface area contributed by atoms with Gasteiger partial charge in [0.05, 0.1) is 19.3 Å². The van der Waals surface area contributed by atoms with Gasteiger partial charge < -0.3 is 14.4 Å². The minimum Gasteiger partial charge on any atom is -0.497 e. The number of hydrogen-bond donors (Lipinski definition) is 0. The van der Waals surface area contributed by atoms with Crippen LogP contribution in [0.1, 0.15) is 11.3 Å². The predicted molar refractivity (Wildman–Crippen MR) is 108 cm³/mol. The van der Waals surface area contributed by atoms with Gasteiger partial charge in [-0.2, -0.15) is 0 Å². The van der Waals surface area contributed by atoms with Gasteiger partial charge in [-0.15, -0.1) is 0 Å². The summed E-state index contributed by atoms with van der Waals surface area (Å²) in [7, 11) is 1.61. The molecule has 2 aromatic carbocycles. The van der Waals surface area contributed by atoms with Crippen LogP contribution >= 0.6 is 0 Å². The molecule has 3 aromatic rings. The molecule has 1 aromatic heterocycles. The lowest BCUT2D eigenvalue weighted by atomic mass is 10.1. The average molecular weight is 376 g/mol. The Bertz CT molecular complexity index is 852. The second-order valence-electron chi connectivity index (χ2n) is 6.34. The van der Waals surface area contributed by atoms with Crippen LogP contribution in [0.3, 0.4) is 0 Å². The van der Waals surface area contributed by atoms with E-state index in [4.69, 9.17) is 9.47 Å². The lowest BCUT2D eigenvalue weighted by molar-refractivity contribution is -0.134. The summed E-state index contributed by atoms with van der Waals surface area (Å²) in [6.45, 7) is 1.04. The van der Waals surface area contributed by atoms with E-state index in [9.17, 15) is 4.79 Å². The number of pyridine rings is 1. The Balaban J connectivity index is 1.62. The van der Waals surface area contributed by atoms with E-state index in [1.807, 2.05) is 36.4 Å². The molecule has 28 heavy (non-hydrogen) atoms. The monoisotopic (exact) mass is 376 g/mol. The SMILES string of the molecule is COc1ccc(OCC(=O)N(CCc2ccccc2)Cc2ccccn2)cc1. The van der Waals surface area contributed by atoms with Gasteiger partial charge in [-0.05, 0) is 48.4 Å². The molecular weight excluding hydrogens is 352 g/mol. The number of aromatic nitrogens is 1. The molecule has 0 aliphatic heterocycles. The highest BCUT2D eigenvalue weighted by molar-refractivity contribution is 5.77. The molecule has 0 atom stereocenters. The smallest absolute Gasteiger partial charge is 0.260 e. The summed E-state index contributed by atoms with van der Waals surface area (Å²) in [5, 5.41) is 0. The fourth-order valence-corrected chi connectivity index (χ4v) is 2.80. The topological polar surface area (TPSA) is 51.7 Å². The first-order chi connectivity index (χ1) is 13.7. The zero-order valence-corrected chi connectivity index (χ0v) is 16.0. The molecule has 0 bridgehead atoms. The van der Waals surface area contributed by atoms with Crippen molar-refractivity contribution in [3.05, 3.63) is 90.3 Å². The Morgan fingerprint density at radius 2 is 1.64 bits per heavy atom. The van der Waals surface area contributed by atoms with Crippen LogP contribution in [-0.4, -0.2) is 36.1 Å². The largest absolute Gasteiger partial charge is 0.497 e. The van der Waals surface area contributed by atoms with Crippen LogP contribution in [0.5, 0.6) is 11.5 Å².